The third kappa shape index (κ3) is 4.43. The number of rotatable bonds is 6. The number of aryl methyl sites for hydroxylation is 2. The zero-order valence-electron chi connectivity index (χ0n) is 17.6. The first kappa shape index (κ1) is 22.0. The monoisotopic (exact) mass is 481 g/mol. The molecule has 6 nitrogen and oxygen atoms in total. The Kier molecular flexibility index (Phi) is 6.83. The highest BCUT2D eigenvalue weighted by Gasteiger charge is 2.29. The summed E-state index contributed by atoms with van der Waals surface area (Å²) < 4.78 is 8.22. The van der Waals surface area contributed by atoms with Crippen LogP contribution in [0.2, 0.25) is 0 Å². The summed E-state index contributed by atoms with van der Waals surface area (Å²) in [5, 5.41) is 8.06. The van der Waals surface area contributed by atoms with Gasteiger partial charge in [0.25, 0.3) is 0 Å². The van der Waals surface area contributed by atoms with Crippen molar-refractivity contribution < 1.29 is 14.3 Å². The molecule has 0 radical (unpaired) electrons. The van der Waals surface area contributed by atoms with E-state index in [0.29, 0.717) is 10.6 Å². The van der Waals surface area contributed by atoms with Crippen LogP contribution in [0.3, 0.4) is 0 Å². The molecular formula is C21H28BrN3O3S. The van der Waals surface area contributed by atoms with Crippen LogP contribution in [0.4, 0.5) is 5.00 Å². The van der Waals surface area contributed by atoms with Crippen molar-refractivity contribution in [2.75, 3.05) is 5.32 Å². The average molecular weight is 482 g/mol. The van der Waals surface area contributed by atoms with Gasteiger partial charge in [0.1, 0.15) is 11.0 Å². The number of ether oxygens (including phenoxy) is 1. The van der Waals surface area contributed by atoms with Gasteiger partial charge in [-0.2, -0.15) is 5.10 Å². The minimum absolute atomic E-state index is 0.156. The van der Waals surface area contributed by atoms with E-state index in [2.05, 4.69) is 26.3 Å². The summed E-state index contributed by atoms with van der Waals surface area (Å²) in [6, 6.07) is -0.502. The van der Waals surface area contributed by atoms with Gasteiger partial charge in [0, 0.05) is 4.88 Å². The molecule has 8 heteroatoms. The third-order valence-corrected chi connectivity index (χ3v) is 7.83. The van der Waals surface area contributed by atoms with E-state index in [-0.39, 0.29) is 18.0 Å². The Bertz CT molecular complexity index is 934. The Morgan fingerprint density at radius 1 is 1.28 bits per heavy atom. The number of amides is 1. The van der Waals surface area contributed by atoms with Crippen molar-refractivity contribution in [2.24, 2.45) is 0 Å². The molecule has 158 valence electrons. The molecule has 2 unspecified atom stereocenters. The van der Waals surface area contributed by atoms with Gasteiger partial charge in [-0.1, -0.05) is 6.92 Å². The Hall–Kier alpha value is -1.67. The van der Waals surface area contributed by atoms with Gasteiger partial charge in [-0.05, 0) is 81.3 Å². The van der Waals surface area contributed by atoms with Gasteiger partial charge in [-0.25, -0.2) is 4.79 Å². The number of esters is 1. The number of aromatic nitrogens is 2. The lowest BCUT2D eigenvalue weighted by Gasteiger charge is -2.16. The number of nitrogens with one attached hydrogen (secondary N) is 1. The first-order valence-electron chi connectivity index (χ1n) is 10.1. The zero-order chi connectivity index (χ0) is 21.3. The van der Waals surface area contributed by atoms with Crippen LogP contribution in [-0.4, -0.2) is 27.8 Å². The molecule has 1 N–H and O–H groups in total. The Morgan fingerprint density at radius 3 is 2.59 bits per heavy atom. The second kappa shape index (κ2) is 9.00. The maximum Gasteiger partial charge on any atom is 0.341 e. The molecule has 3 rings (SSSR count). The van der Waals surface area contributed by atoms with Gasteiger partial charge in [0.15, 0.2) is 0 Å². The maximum absolute atomic E-state index is 13.0. The van der Waals surface area contributed by atoms with E-state index in [0.717, 1.165) is 53.5 Å². The van der Waals surface area contributed by atoms with Crippen molar-refractivity contribution in [1.29, 1.82) is 0 Å². The van der Waals surface area contributed by atoms with E-state index in [9.17, 15) is 9.59 Å². The standard InChI is InChI=1S/C21H28BrN3O3S/c1-6-11(2)28-21(27)17-15-9-7-8-10-16(15)29-20(17)23-19(26)14(5)25-13(4)18(22)12(3)24-25/h11,14H,6-10H2,1-5H3,(H,23,26). The van der Waals surface area contributed by atoms with Crippen molar-refractivity contribution in [3.05, 3.63) is 31.9 Å². The molecule has 2 heterocycles. The minimum atomic E-state index is -0.502. The quantitative estimate of drug-likeness (QED) is 0.563. The van der Waals surface area contributed by atoms with Crippen molar-refractivity contribution in [1.82, 2.24) is 9.78 Å². The number of hydrogen-bond donors (Lipinski definition) is 1. The van der Waals surface area contributed by atoms with Gasteiger partial charge < -0.3 is 10.1 Å². The van der Waals surface area contributed by atoms with Crippen LogP contribution in [0.15, 0.2) is 4.47 Å². The number of carbonyl (C=O) groups excluding carboxylic acids is 2. The molecular weight excluding hydrogens is 454 g/mol. The number of nitrogens with zero attached hydrogens (tertiary/aromatic N) is 2. The number of hydrogen-bond acceptors (Lipinski definition) is 5. The van der Waals surface area contributed by atoms with Gasteiger partial charge in [-0.3, -0.25) is 9.48 Å². The van der Waals surface area contributed by atoms with E-state index in [1.54, 1.807) is 4.68 Å². The van der Waals surface area contributed by atoms with E-state index in [1.807, 2.05) is 34.6 Å². The average Bonchev–Trinajstić information content (AvgIpc) is 3.19. The lowest BCUT2D eigenvalue weighted by Crippen LogP contribution is -2.26. The van der Waals surface area contributed by atoms with E-state index in [1.165, 1.54) is 16.2 Å². The fourth-order valence-corrected chi connectivity index (χ4v) is 5.08. The molecule has 1 aliphatic carbocycles. The van der Waals surface area contributed by atoms with Gasteiger partial charge in [0.2, 0.25) is 5.91 Å². The van der Waals surface area contributed by atoms with Crippen LogP contribution in [0.1, 0.15) is 78.3 Å². The van der Waals surface area contributed by atoms with Crippen molar-refractivity contribution in [3.63, 3.8) is 0 Å². The zero-order valence-corrected chi connectivity index (χ0v) is 20.0. The second-order valence-electron chi connectivity index (χ2n) is 7.63. The molecule has 2 atom stereocenters. The molecule has 1 amide bonds. The predicted molar refractivity (Wildman–Crippen MR) is 119 cm³/mol. The summed E-state index contributed by atoms with van der Waals surface area (Å²) in [7, 11) is 0. The minimum Gasteiger partial charge on any atom is -0.459 e. The molecule has 0 spiro atoms. The summed E-state index contributed by atoms with van der Waals surface area (Å²) in [4.78, 5) is 27.1. The topological polar surface area (TPSA) is 73.2 Å². The van der Waals surface area contributed by atoms with Crippen LogP contribution in [0, 0.1) is 13.8 Å². The van der Waals surface area contributed by atoms with Crippen LogP contribution >= 0.6 is 27.3 Å². The molecule has 0 fully saturated rings. The SMILES string of the molecule is CCC(C)OC(=O)c1c(NC(=O)C(C)n2nc(C)c(Br)c2C)sc2c1CCCC2. The Morgan fingerprint density at radius 2 is 1.97 bits per heavy atom. The molecule has 0 aromatic carbocycles. The summed E-state index contributed by atoms with van der Waals surface area (Å²) >= 11 is 5.02. The van der Waals surface area contributed by atoms with Crippen LogP contribution in [0.5, 0.6) is 0 Å². The van der Waals surface area contributed by atoms with E-state index < -0.39 is 6.04 Å². The van der Waals surface area contributed by atoms with Crippen LogP contribution in [-0.2, 0) is 22.4 Å². The number of thiophene rings is 1. The maximum atomic E-state index is 13.0. The molecule has 1 aliphatic rings. The van der Waals surface area contributed by atoms with Crippen LogP contribution < -0.4 is 5.32 Å². The van der Waals surface area contributed by atoms with Crippen molar-refractivity contribution in [3.8, 4) is 0 Å². The molecule has 2 aromatic heterocycles. The molecule has 0 saturated carbocycles. The molecule has 2 aromatic rings. The van der Waals surface area contributed by atoms with Gasteiger partial charge >= 0.3 is 5.97 Å². The number of anilines is 1. The highest BCUT2D eigenvalue weighted by atomic mass is 79.9. The number of carbonyl (C=O) groups is 2. The molecule has 0 saturated heterocycles. The third-order valence-electron chi connectivity index (χ3n) is 5.48. The number of fused-ring (bicyclic) bond motifs is 1. The first-order valence-corrected chi connectivity index (χ1v) is 11.7. The van der Waals surface area contributed by atoms with E-state index >= 15 is 0 Å². The van der Waals surface area contributed by atoms with Gasteiger partial charge in [0.05, 0.1) is 27.5 Å². The summed E-state index contributed by atoms with van der Waals surface area (Å²) in [6.45, 7) is 9.50. The summed E-state index contributed by atoms with van der Waals surface area (Å²) in [5.41, 5.74) is 3.32. The molecule has 0 bridgehead atoms. The lowest BCUT2D eigenvalue weighted by molar-refractivity contribution is -0.119. The van der Waals surface area contributed by atoms with Crippen molar-refractivity contribution >= 4 is 44.1 Å². The summed E-state index contributed by atoms with van der Waals surface area (Å²) in [5.74, 6) is -0.533. The number of halogens is 1. The van der Waals surface area contributed by atoms with E-state index in [4.69, 9.17) is 4.74 Å². The fraction of sp³-hybridized carbons (Fsp3) is 0.571. The van der Waals surface area contributed by atoms with Gasteiger partial charge in [-0.15, -0.1) is 11.3 Å². The second-order valence-corrected chi connectivity index (χ2v) is 9.53. The van der Waals surface area contributed by atoms with Crippen LogP contribution in [0.25, 0.3) is 0 Å². The first-order chi connectivity index (χ1) is 13.7. The molecule has 0 aliphatic heterocycles. The Labute approximate surface area is 184 Å². The Balaban J connectivity index is 1.89. The highest BCUT2D eigenvalue weighted by Crippen LogP contribution is 2.39. The lowest BCUT2D eigenvalue weighted by atomic mass is 9.95. The normalized spacial score (nSPS) is 15.5. The van der Waals surface area contributed by atoms with Crippen molar-refractivity contribution in [2.45, 2.75) is 78.9 Å². The summed E-state index contributed by atoms with van der Waals surface area (Å²) in [6.07, 6.45) is 4.56. The molecule has 29 heavy (non-hydrogen) atoms. The smallest absolute Gasteiger partial charge is 0.341 e. The fourth-order valence-electron chi connectivity index (χ4n) is 3.54. The highest BCUT2D eigenvalue weighted by molar-refractivity contribution is 9.10. The predicted octanol–water partition coefficient (Wildman–Crippen LogP) is 5.36. The largest absolute Gasteiger partial charge is 0.459 e.